The van der Waals surface area contributed by atoms with Gasteiger partial charge in [-0.1, -0.05) is 0 Å². The predicted molar refractivity (Wildman–Crippen MR) is 59.3 cm³/mol. The fraction of sp³-hybridized carbons (Fsp3) is 0.750. The second-order valence-electron chi connectivity index (χ2n) is 2.71. The molecule has 0 spiro atoms. The van der Waals surface area contributed by atoms with Gasteiger partial charge in [-0.3, -0.25) is 4.79 Å². The van der Waals surface area contributed by atoms with E-state index in [1.165, 1.54) is 0 Å². The Labute approximate surface area is 101 Å². The first-order chi connectivity index (χ1) is 8.18. The highest BCUT2D eigenvalue weighted by Gasteiger charge is 2.18. The quantitative estimate of drug-likeness (QED) is 0.556. The SMILES string of the molecule is [2H]C([2H])([2H])C(=O)N[C@@H](CSCC(O)CCl)C(=O)O. The summed E-state index contributed by atoms with van der Waals surface area (Å²) in [5.41, 5.74) is 0. The van der Waals surface area contributed by atoms with Crippen LogP contribution in [0.4, 0.5) is 0 Å². The molecule has 2 atom stereocenters. The largest absolute Gasteiger partial charge is 0.480 e. The lowest BCUT2D eigenvalue weighted by molar-refractivity contribution is -0.140. The molecule has 5 nitrogen and oxygen atoms in total. The van der Waals surface area contributed by atoms with Crippen molar-refractivity contribution in [1.82, 2.24) is 5.32 Å². The minimum absolute atomic E-state index is 0.0202. The molecule has 0 aliphatic rings. The molecule has 0 aliphatic heterocycles. The molecule has 3 N–H and O–H groups in total. The minimum atomic E-state index is -2.88. The van der Waals surface area contributed by atoms with Gasteiger partial charge >= 0.3 is 5.97 Å². The molecule has 88 valence electrons. The van der Waals surface area contributed by atoms with E-state index < -0.39 is 30.9 Å². The summed E-state index contributed by atoms with van der Waals surface area (Å²) in [6.45, 7) is -2.88. The Bertz CT molecular complexity index is 303. The van der Waals surface area contributed by atoms with E-state index in [9.17, 15) is 9.59 Å². The zero-order valence-corrected chi connectivity index (χ0v) is 9.35. The molecule has 7 heteroatoms. The molecule has 0 fully saturated rings. The van der Waals surface area contributed by atoms with Gasteiger partial charge in [-0.05, 0) is 0 Å². The smallest absolute Gasteiger partial charge is 0.327 e. The number of rotatable bonds is 7. The van der Waals surface area contributed by atoms with Crippen LogP contribution in [0.2, 0.25) is 0 Å². The first-order valence-corrected chi connectivity index (χ1v) is 5.73. The number of aliphatic hydroxyl groups is 1. The minimum Gasteiger partial charge on any atom is -0.480 e. The van der Waals surface area contributed by atoms with E-state index in [0.717, 1.165) is 11.8 Å². The highest BCUT2D eigenvalue weighted by atomic mass is 35.5. The third-order valence-corrected chi connectivity index (χ3v) is 2.92. The number of hydrogen-bond acceptors (Lipinski definition) is 4. The number of hydrogen-bond donors (Lipinski definition) is 3. The predicted octanol–water partition coefficient (Wildman–Crippen LogP) is -0.0914. The summed E-state index contributed by atoms with van der Waals surface area (Å²) in [4.78, 5) is 21.9. The molecule has 0 aromatic carbocycles. The van der Waals surface area contributed by atoms with Gasteiger partial charge in [0.1, 0.15) is 6.04 Å². The van der Waals surface area contributed by atoms with Crippen molar-refractivity contribution in [3.05, 3.63) is 0 Å². The van der Waals surface area contributed by atoms with Crippen molar-refractivity contribution >= 4 is 35.2 Å². The summed E-state index contributed by atoms with van der Waals surface area (Å²) in [5, 5.41) is 19.9. The van der Waals surface area contributed by atoms with Crippen molar-refractivity contribution in [2.75, 3.05) is 17.4 Å². The van der Waals surface area contributed by atoms with Crippen molar-refractivity contribution < 1.29 is 23.9 Å². The lowest BCUT2D eigenvalue weighted by Crippen LogP contribution is -2.41. The van der Waals surface area contributed by atoms with Crippen molar-refractivity contribution in [1.29, 1.82) is 0 Å². The number of carboxylic acid groups (broad SMARTS) is 1. The highest BCUT2D eigenvalue weighted by molar-refractivity contribution is 7.99. The molecular weight excluding hydrogens is 242 g/mol. The van der Waals surface area contributed by atoms with E-state index in [4.69, 9.17) is 25.9 Å². The standard InChI is InChI=1S/C8H14ClNO4S/c1-5(11)10-7(8(13)14)4-15-3-6(12)2-9/h6-7,12H,2-4H2,1H3,(H,10,11)(H,13,14)/t6?,7-/m0/s1/i1D3. The monoisotopic (exact) mass is 258 g/mol. The lowest BCUT2D eigenvalue weighted by atomic mass is 10.3. The molecule has 0 aliphatic carbocycles. The summed E-state index contributed by atoms with van der Waals surface area (Å²) in [6, 6.07) is -1.31. The van der Waals surface area contributed by atoms with Gasteiger partial charge in [0.15, 0.2) is 0 Å². The Kier molecular flexibility index (Phi) is 5.06. The Balaban J connectivity index is 4.25. The molecule has 1 amide bonds. The molecule has 0 rings (SSSR count). The maximum absolute atomic E-state index is 11.1. The van der Waals surface area contributed by atoms with E-state index in [1.807, 2.05) is 5.32 Å². The van der Waals surface area contributed by atoms with Gasteiger partial charge in [0, 0.05) is 28.3 Å². The molecule has 0 saturated heterocycles. The van der Waals surface area contributed by atoms with Gasteiger partial charge in [0.25, 0.3) is 0 Å². The zero-order chi connectivity index (χ0) is 14.3. The van der Waals surface area contributed by atoms with Gasteiger partial charge < -0.3 is 15.5 Å². The molecule has 0 saturated carbocycles. The number of nitrogens with one attached hydrogen (secondary N) is 1. The van der Waals surface area contributed by atoms with E-state index in [2.05, 4.69) is 0 Å². The average Bonchev–Trinajstić information content (AvgIpc) is 2.25. The van der Waals surface area contributed by atoms with Crippen LogP contribution in [0, 0.1) is 0 Å². The Morgan fingerprint density at radius 1 is 1.60 bits per heavy atom. The number of thioether (sulfide) groups is 1. The van der Waals surface area contributed by atoms with Gasteiger partial charge in [0.05, 0.1) is 6.10 Å². The van der Waals surface area contributed by atoms with Gasteiger partial charge in [0.2, 0.25) is 5.91 Å². The first-order valence-electron chi connectivity index (χ1n) is 5.54. The van der Waals surface area contributed by atoms with Gasteiger partial charge in [-0.15, -0.1) is 11.6 Å². The third kappa shape index (κ3) is 7.47. The van der Waals surface area contributed by atoms with Crippen LogP contribution in [0.3, 0.4) is 0 Å². The van der Waals surface area contributed by atoms with Crippen molar-refractivity contribution in [2.24, 2.45) is 0 Å². The summed E-state index contributed by atoms with van der Waals surface area (Å²) >= 11 is 6.41. The molecule has 15 heavy (non-hydrogen) atoms. The summed E-state index contributed by atoms with van der Waals surface area (Å²) in [7, 11) is 0. The fourth-order valence-electron chi connectivity index (χ4n) is 0.699. The van der Waals surface area contributed by atoms with E-state index >= 15 is 0 Å². The number of halogens is 1. The highest BCUT2D eigenvalue weighted by Crippen LogP contribution is 2.06. The molecule has 1 unspecified atom stereocenters. The Morgan fingerprint density at radius 2 is 2.27 bits per heavy atom. The Hall–Kier alpha value is -0.460. The molecule has 0 radical (unpaired) electrons. The van der Waals surface area contributed by atoms with Crippen LogP contribution >= 0.6 is 23.4 Å². The van der Waals surface area contributed by atoms with E-state index in [-0.39, 0.29) is 17.4 Å². The van der Waals surface area contributed by atoms with Gasteiger partial charge in [-0.2, -0.15) is 11.8 Å². The first kappa shape index (κ1) is 9.74. The summed E-state index contributed by atoms with van der Waals surface area (Å²) in [6.07, 6.45) is -0.774. The van der Waals surface area contributed by atoms with Crippen LogP contribution in [0.5, 0.6) is 0 Å². The van der Waals surface area contributed by atoms with Crippen LogP contribution in [-0.2, 0) is 9.59 Å². The maximum Gasteiger partial charge on any atom is 0.327 e. The number of alkyl halides is 1. The number of aliphatic hydroxyl groups excluding tert-OH is 1. The van der Waals surface area contributed by atoms with Crippen LogP contribution in [-0.4, -0.2) is 51.6 Å². The van der Waals surface area contributed by atoms with Crippen molar-refractivity contribution in [3.8, 4) is 0 Å². The fourth-order valence-corrected chi connectivity index (χ4v) is 1.93. The zero-order valence-electron chi connectivity index (χ0n) is 10.8. The van der Waals surface area contributed by atoms with Crippen LogP contribution in [0.15, 0.2) is 0 Å². The second kappa shape index (κ2) is 7.78. The van der Waals surface area contributed by atoms with E-state index in [0.29, 0.717) is 0 Å². The molecule has 0 aromatic rings. The number of amides is 1. The van der Waals surface area contributed by atoms with Crippen LogP contribution < -0.4 is 5.32 Å². The van der Waals surface area contributed by atoms with Crippen LogP contribution in [0.1, 0.15) is 11.0 Å². The number of carbonyl (C=O) groups excluding carboxylic acids is 1. The topological polar surface area (TPSA) is 86.6 Å². The van der Waals surface area contributed by atoms with Gasteiger partial charge in [-0.25, -0.2) is 4.79 Å². The molecule has 0 aromatic heterocycles. The van der Waals surface area contributed by atoms with Crippen molar-refractivity contribution in [3.63, 3.8) is 0 Å². The number of carboxylic acids is 1. The number of aliphatic carboxylic acids is 1. The van der Waals surface area contributed by atoms with Crippen molar-refractivity contribution in [2.45, 2.75) is 19.0 Å². The molecular formula is C8H14ClNO4S. The normalized spacial score (nSPS) is 18.1. The number of carbonyl (C=O) groups is 2. The average molecular weight is 259 g/mol. The molecule has 0 bridgehead atoms. The van der Waals surface area contributed by atoms with E-state index in [1.54, 1.807) is 0 Å². The third-order valence-electron chi connectivity index (χ3n) is 1.38. The summed E-state index contributed by atoms with van der Waals surface area (Å²) < 4.78 is 20.4. The Morgan fingerprint density at radius 3 is 2.73 bits per heavy atom. The molecule has 0 heterocycles. The lowest BCUT2D eigenvalue weighted by Gasteiger charge is -2.13. The van der Waals surface area contributed by atoms with Crippen LogP contribution in [0.25, 0.3) is 0 Å². The second-order valence-corrected chi connectivity index (χ2v) is 4.09. The maximum atomic E-state index is 11.1. The summed E-state index contributed by atoms with van der Waals surface area (Å²) in [5.74, 6) is -2.47.